The van der Waals surface area contributed by atoms with Gasteiger partial charge in [-0.1, -0.05) is 21.1 Å². The normalized spacial score (nSPS) is 10.5. The van der Waals surface area contributed by atoms with Crippen molar-refractivity contribution in [2.24, 2.45) is 0 Å². The van der Waals surface area contributed by atoms with E-state index < -0.39 is 6.03 Å². The summed E-state index contributed by atoms with van der Waals surface area (Å²) in [6.07, 6.45) is 0. The van der Waals surface area contributed by atoms with Crippen molar-refractivity contribution in [1.82, 2.24) is 9.88 Å². The van der Waals surface area contributed by atoms with Gasteiger partial charge in [0.1, 0.15) is 0 Å². The van der Waals surface area contributed by atoms with Crippen LogP contribution in [0.1, 0.15) is 0 Å². The number of anilines is 1. The van der Waals surface area contributed by atoms with E-state index in [1.54, 1.807) is 32.4 Å². The molecular weight excluding hydrogens is 410 g/mol. The molecule has 0 aliphatic rings. The number of ether oxygens (including phenoxy) is 2. The third-order valence-corrected chi connectivity index (χ3v) is 4.55. The van der Waals surface area contributed by atoms with Gasteiger partial charge in [-0.2, -0.15) is 0 Å². The molecule has 0 atom stereocenters. The number of nitrogens with zero attached hydrogens (tertiary/aromatic N) is 1. The molecule has 0 fully saturated rings. The van der Waals surface area contributed by atoms with Crippen molar-refractivity contribution in [3.05, 3.63) is 40.9 Å². The molecule has 1 heterocycles. The summed E-state index contributed by atoms with van der Waals surface area (Å²) in [7, 11) is 3.12. The Morgan fingerprint density at radius 3 is 2.72 bits per heavy atom. The highest BCUT2D eigenvalue weighted by Gasteiger charge is 2.12. The van der Waals surface area contributed by atoms with Gasteiger partial charge in [0.2, 0.25) is 0 Å². The molecule has 0 aliphatic carbocycles. The fraction of sp³-hybridized carbons (Fsp3) is 0.125. The summed E-state index contributed by atoms with van der Waals surface area (Å²) >= 11 is 4.50. The van der Waals surface area contributed by atoms with Gasteiger partial charge in [0.15, 0.2) is 22.9 Å². The number of methoxy groups -OCH3 is 2. The number of hydrogen-bond acceptors (Lipinski definition) is 6. The average Bonchev–Trinajstić information content (AvgIpc) is 3.01. The number of carbonyl (C=O) groups is 1. The Morgan fingerprint density at radius 2 is 1.96 bits per heavy atom. The molecule has 2 amide bonds. The molecule has 2 N–H and O–H groups in total. The zero-order valence-electron chi connectivity index (χ0n) is 13.3. The Kier molecular flexibility index (Phi) is 5.34. The number of urea groups is 1. The van der Waals surface area contributed by atoms with Gasteiger partial charge in [0, 0.05) is 9.37 Å². The molecule has 3 rings (SSSR count). The molecule has 9 heteroatoms. The highest BCUT2D eigenvalue weighted by Crippen LogP contribution is 2.31. The molecule has 7 nitrogen and oxygen atoms in total. The topological polar surface area (TPSA) is 85.6 Å². The molecule has 0 unspecified atom stereocenters. The first-order valence-electron chi connectivity index (χ1n) is 7.11. The molecule has 0 saturated heterocycles. The van der Waals surface area contributed by atoms with Crippen molar-refractivity contribution in [2.75, 3.05) is 19.5 Å². The number of rotatable bonds is 5. The van der Waals surface area contributed by atoms with E-state index in [1.807, 2.05) is 18.2 Å². The summed E-state index contributed by atoms with van der Waals surface area (Å²) in [6, 6.07) is 10.4. The summed E-state index contributed by atoms with van der Waals surface area (Å²) in [6.45, 7) is 0. The van der Waals surface area contributed by atoms with Crippen LogP contribution in [0.5, 0.6) is 11.5 Å². The SMILES string of the molecule is COc1ccc(SNC(=O)Nc2noc3cc(Br)ccc23)cc1OC. The van der Waals surface area contributed by atoms with E-state index in [-0.39, 0.29) is 0 Å². The zero-order valence-corrected chi connectivity index (χ0v) is 15.7. The van der Waals surface area contributed by atoms with Crippen LogP contribution in [0.2, 0.25) is 0 Å². The van der Waals surface area contributed by atoms with E-state index >= 15 is 0 Å². The summed E-state index contributed by atoms with van der Waals surface area (Å²) < 4.78 is 19.2. The maximum Gasteiger partial charge on any atom is 0.330 e. The highest BCUT2D eigenvalue weighted by atomic mass is 79.9. The molecular formula is C16H14BrN3O4S. The van der Waals surface area contributed by atoms with Crippen molar-refractivity contribution < 1.29 is 18.8 Å². The van der Waals surface area contributed by atoms with Gasteiger partial charge in [0.05, 0.1) is 19.6 Å². The van der Waals surface area contributed by atoms with Crippen molar-refractivity contribution >= 4 is 50.7 Å². The summed E-state index contributed by atoms with van der Waals surface area (Å²) in [5.41, 5.74) is 0.581. The van der Waals surface area contributed by atoms with Gasteiger partial charge in [0.25, 0.3) is 0 Å². The summed E-state index contributed by atoms with van der Waals surface area (Å²) in [4.78, 5) is 12.9. The smallest absolute Gasteiger partial charge is 0.330 e. The van der Waals surface area contributed by atoms with Gasteiger partial charge < -0.3 is 14.0 Å². The molecule has 25 heavy (non-hydrogen) atoms. The minimum atomic E-state index is -0.419. The molecule has 0 radical (unpaired) electrons. The third-order valence-electron chi connectivity index (χ3n) is 3.28. The monoisotopic (exact) mass is 423 g/mol. The van der Waals surface area contributed by atoms with Gasteiger partial charge in [-0.15, -0.1) is 0 Å². The van der Waals surface area contributed by atoms with Crippen LogP contribution in [0.15, 0.2) is 50.3 Å². The highest BCUT2D eigenvalue weighted by molar-refractivity contribution is 9.10. The molecule has 0 aliphatic heterocycles. The number of fused-ring (bicyclic) bond motifs is 1. The Hall–Kier alpha value is -2.39. The summed E-state index contributed by atoms with van der Waals surface area (Å²) in [5.74, 6) is 1.56. The van der Waals surface area contributed by atoms with E-state index in [2.05, 4.69) is 31.1 Å². The van der Waals surface area contributed by atoms with Crippen molar-refractivity contribution in [2.45, 2.75) is 4.90 Å². The Balaban J connectivity index is 1.64. The number of amides is 2. The van der Waals surface area contributed by atoms with E-state index in [9.17, 15) is 4.79 Å². The van der Waals surface area contributed by atoms with E-state index in [0.29, 0.717) is 22.9 Å². The zero-order chi connectivity index (χ0) is 17.8. The summed E-state index contributed by atoms with van der Waals surface area (Å²) in [5, 5.41) is 7.24. The second kappa shape index (κ2) is 7.66. The van der Waals surface area contributed by atoms with Crippen LogP contribution in [-0.4, -0.2) is 25.4 Å². The van der Waals surface area contributed by atoms with Crippen LogP contribution < -0.4 is 19.5 Å². The first-order valence-corrected chi connectivity index (χ1v) is 8.72. The number of carbonyl (C=O) groups excluding carboxylic acids is 1. The predicted molar refractivity (Wildman–Crippen MR) is 99.3 cm³/mol. The number of nitrogens with one attached hydrogen (secondary N) is 2. The average molecular weight is 424 g/mol. The van der Waals surface area contributed by atoms with Crippen molar-refractivity contribution in [3.8, 4) is 11.5 Å². The maximum atomic E-state index is 12.1. The Labute approximate surface area is 156 Å². The second-order valence-corrected chi connectivity index (χ2v) is 6.64. The van der Waals surface area contributed by atoms with Crippen LogP contribution >= 0.6 is 27.9 Å². The van der Waals surface area contributed by atoms with Crippen LogP contribution in [0, 0.1) is 0 Å². The van der Waals surface area contributed by atoms with Gasteiger partial charge in [-0.05, 0) is 48.3 Å². The number of aromatic nitrogens is 1. The largest absolute Gasteiger partial charge is 0.493 e. The van der Waals surface area contributed by atoms with E-state index in [1.165, 1.54) is 0 Å². The number of hydrogen-bond donors (Lipinski definition) is 2. The van der Waals surface area contributed by atoms with Crippen molar-refractivity contribution in [3.63, 3.8) is 0 Å². The van der Waals surface area contributed by atoms with Gasteiger partial charge >= 0.3 is 6.03 Å². The lowest BCUT2D eigenvalue weighted by Crippen LogP contribution is -2.22. The van der Waals surface area contributed by atoms with Gasteiger partial charge in [-0.3, -0.25) is 10.0 Å². The first kappa shape index (κ1) is 17.4. The lowest BCUT2D eigenvalue weighted by atomic mass is 10.2. The fourth-order valence-electron chi connectivity index (χ4n) is 2.12. The fourth-order valence-corrected chi connectivity index (χ4v) is 3.02. The van der Waals surface area contributed by atoms with Gasteiger partial charge in [-0.25, -0.2) is 4.79 Å². The molecule has 2 aromatic carbocycles. The number of benzene rings is 2. The van der Waals surface area contributed by atoms with Crippen LogP contribution in [0.3, 0.4) is 0 Å². The predicted octanol–water partition coefficient (Wildman–Crippen LogP) is 4.44. The third kappa shape index (κ3) is 3.99. The van der Waals surface area contributed by atoms with E-state index in [4.69, 9.17) is 14.0 Å². The standard InChI is InChI=1S/C16H14BrN3O4S/c1-22-12-6-4-10(8-14(12)23-2)25-20-16(21)18-15-11-5-3-9(17)7-13(11)24-19-15/h3-8H,1-2H3,(H2,18,19,20,21). The Morgan fingerprint density at radius 1 is 1.16 bits per heavy atom. The van der Waals surface area contributed by atoms with Crippen LogP contribution in [-0.2, 0) is 0 Å². The second-order valence-electron chi connectivity index (χ2n) is 4.85. The molecule has 0 bridgehead atoms. The number of halogens is 1. The molecule has 1 aromatic heterocycles. The minimum absolute atomic E-state index is 0.355. The van der Waals surface area contributed by atoms with E-state index in [0.717, 1.165) is 26.7 Å². The maximum absolute atomic E-state index is 12.1. The van der Waals surface area contributed by atoms with Crippen LogP contribution in [0.4, 0.5) is 10.6 Å². The molecule has 3 aromatic rings. The lowest BCUT2D eigenvalue weighted by Gasteiger charge is -2.09. The Bertz CT molecular complexity index is 916. The molecule has 0 spiro atoms. The first-order chi connectivity index (χ1) is 12.1. The molecule has 0 saturated carbocycles. The van der Waals surface area contributed by atoms with Crippen LogP contribution in [0.25, 0.3) is 11.0 Å². The van der Waals surface area contributed by atoms with Crippen molar-refractivity contribution in [1.29, 1.82) is 0 Å². The minimum Gasteiger partial charge on any atom is -0.493 e. The quantitative estimate of drug-likeness (QED) is 0.590. The lowest BCUT2D eigenvalue weighted by molar-refractivity contribution is 0.257. The molecule has 130 valence electrons.